The third-order valence-electron chi connectivity index (χ3n) is 3.16. The standard InChI is InChI=1S/C16H24N2O3/c1-4-10-17-16(20)9-11-18(13(2)19)12-14-5-7-15(21-3)8-6-14/h5-8H,4,9-12H2,1-3H3,(H,17,20). The number of nitrogens with zero attached hydrogens (tertiary/aromatic N) is 1. The molecule has 0 unspecified atom stereocenters. The van der Waals surface area contributed by atoms with E-state index in [-0.39, 0.29) is 11.8 Å². The minimum absolute atomic E-state index is 0.0159. The first kappa shape index (κ1) is 17.0. The Balaban J connectivity index is 2.52. The molecule has 21 heavy (non-hydrogen) atoms. The SMILES string of the molecule is CCCNC(=O)CCN(Cc1ccc(OC)cc1)C(C)=O. The van der Waals surface area contributed by atoms with E-state index in [9.17, 15) is 9.59 Å². The molecule has 2 amide bonds. The molecule has 0 atom stereocenters. The summed E-state index contributed by atoms with van der Waals surface area (Å²) < 4.78 is 5.10. The third-order valence-corrected chi connectivity index (χ3v) is 3.16. The van der Waals surface area contributed by atoms with E-state index in [1.807, 2.05) is 31.2 Å². The summed E-state index contributed by atoms with van der Waals surface area (Å²) in [7, 11) is 1.62. The molecule has 116 valence electrons. The predicted molar refractivity (Wildman–Crippen MR) is 82.0 cm³/mol. The van der Waals surface area contributed by atoms with Gasteiger partial charge in [0.25, 0.3) is 0 Å². The summed E-state index contributed by atoms with van der Waals surface area (Å²) in [5.41, 5.74) is 1.01. The Hall–Kier alpha value is -2.04. The molecule has 5 heteroatoms. The van der Waals surface area contributed by atoms with Crippen LogP contribution in [0.25, 0.3) is 0 Å². The number of rotatable bonds is 8. The van der Waals surface area contributed by atoms with Gasteiger partial charge < -0.3 is 15.0 Å². The Morgan fingerprint density at radius 2 is 1.90 bits per heavy atom. The summed E-state index contributed by atoms with van der Waals surface area (Å²) >= 11 is 0. The largest absolute Gasteiger partial charge is 0.497 e. The molecule has 0 fully saturated rings. The lowest BCUT2D eigenvalue weighted by Crippen LogP contribution is -2.33. The van der Waals surface area contributed by atoms with Crippen molar-refractivity contribution in [1.29, 1.82) is 0 Å². The van der Waals surface area contributed by atoms with Gasteiger partial charge in [0.1, 0.15) is 5.75 Å². The average molecular weight is 292 g/mol. The maximum atomic E-state index is 11.7. The number of benzene rings is 1. The quantitative estimate of drug-likeness (QED) is 0.797. The van der Waals surface area contributed by atoms with Crippen molar-refractivity contribution in [2.45, 2.75) is 33.2 Å². The summed E-state index contributed by atoms with van der Waals surface area (Å²) in [5.74, 6) is 0.735. The van der Waals surface area contributed by atoms with Gasteiger partial charge in [-0.15, -0.1) is 0 Å². The van der Waals surface area contributed by atoms with E-state index >= 15 is 0 Å². The van der Waals surface area contributed by atoms with Crippen molar-refractivity contribution in [3.05, 3.63) is 29.8 Å². The van der Waals surface area contributed by atoms with Crippen LogP contribution < -0.4 is 10.1 Å². The predicted octanol–water partition coefficient (Wildman–Crippen LogP) is 1.96. The van der Waals surface area contributed by atoms with Crippen molar-refractivity contribution in [3.8, 4) is 5.75 Å². The van der Waals surface area contributed by atoms with Crippen LogP contribution in [0.4, 0.5) is 0 Å². The van der Waals surface area contributed by atoms with E-state index in [0.29, 0.717) is 26.1 Å². The summed E-state index contributed by atoms with van der Waals surface area (Å²) in [6, 6.07) is 7.57. The van der Waals surface area contributed by atoms with Crippen molar-refractivity contribution >= 4 is 11.8 Å². The molecule has 0 bridgehead atoms. The minimum atomic E-state index is -0.0332. The molecular weight excluding hydrogens is 268 g/mol. The van der Waals surface area contributed by atoms with Crippen LogP contribution >= 0.6 is 0 Å². The fourth-order valence-electron chi connectivity index (χ4n) is 1.89. The van der Waals surface area contributed by atoms with Gasteiger partial charge in [0, 0.05) is 33.0 Å². The van der Waals surface area contributed by atoms with Crippen LogP contribution in [0, 0.1) is 0 Å². The molecule has 0 aliphatic rings. The van der Waals surface area contributed by atoms with Crippen molar-refractivity contribution in [3.63, 3.8) is 0 Å². The van der Waals surface area contributed by atoms with Crippen LogP contribution in [-0.4, -0.2) is 36.9 Å². The molecule has 1 N–H and O–H groups in total. The lowest BCUT2D eigenvalue weighted by Gasteiger charge is -2.21. The molecule has 0 saturated carbocycles. The second-order valence-corrected chi connectivity index (χ2v) is 4.89. The van der Waals surface area contributed by atoms with Gasteiger partial charge in [0.05, 0.1) is 7.11 Å². The highest BCUT2D eigenvalue weighted by Crippen LogP contribution is 2.13. The zero-order chi connectivity index (χ0) is 15.7. The second-order valence-electron chi connectivity index (χ2n) is 4.89. The van der Waals surface area contributed by atoms with Crippen LogP contribution in [0.1, 0.15) is 32.3 Å². The molecule has 0 aromatic heterocycles. The summed E-state index contributed by atoms with van der Waals surface area (Å²) in [6.07, 6.45) is 1.24. The van der Waals surface area contributed by atoms with Crippen molar-refractivity contribution in [2.24, 2.45) is 0 Å². The molecule has 0 aliphatic heterocycles. The topological polar surface area (TPSA) is 58.6 Å². The van der Waals surface area contributed by atoms with E-state index in [2.05, 4.69) is 5.32 Å². The minimum Gasteiger partial charge on any atom is -0.497 e. The Morgan fingerprint density at radius 3 is 2.43 bits per heavy atom. The van der Waals surface area contributed by atoms with Gasteiger partial charge in [-0.1, -0.05) is 19.1 Å². The number of carbonyl (C=O) groups is 2. The Morgan fingerprint density at radius 1 is 1.24 bits per heavy atom. The molecular formula is C16H24N2O3. The Bertz CT molecular complexity index is 457. The maximum Gasteiger partial charge on any atom is 0.221 e. The molecule has 0 spiro atoms. The lowest BCUT2D eigenvalue weighted by atomic mass is 10.2. The highest BCUT2D eigenvalue weighted by molar-refractivity contribution is 5.77. The number of amides is 2. The van der Waals surface area contributed by atoms with Gasteiger partial charge in [-0.3, -0.25) is 9.59 Å². The number of methoxy groups -OCH3 is 1. The molecule has 1 aromatic carbocycles. The Labute approximate surface area is 126 Å². The average Bonchev–Trinajstić information content (AvgIpc) is 2.49. The van der Waals surface area contributed by atoms with Crippen molar-refractivity contribution in [1.82, 2.24) is 10.2 Å². The fraction of sp³-hybridized carbons (Fsp3) is 0.500. The molecule has 1 aromatic rings. The molecule has 0 aliphatic carbocycles. The van der Waals surface area contributed by atoms with Gasteiger partial charge in [0.15, 0.2) is 0 Å². The molecule has 0 radical (unpaired) electrons. The molecule has 0 saturated heterocycles. The monoisotopic (exact) mass is 292 g/mol. The smallest absolute Gasteiger partial charge is 0.221 e. The first-order valence-corrected chi connectivity index (χ1v) is 7.22. The normalized spacial score (nSPS) is 10.0. The van der Waals surface area contributed by atoms with E-state index in [1.165, 1.54) is 6.92 Å². The summed E-state index contributed by atoms with van der Waals surface area (Å²) in [5, 5.41) is 2.81. The zero-order valence-electron chi connectivity index (χ0n) is 13.0. The van der Waals surface area contributed by atoms with E-state index in [0.717, 1.165) is 17.7 Å². The first-order valence-electron chi connectivity index (χ1n) is 7.22. The number of hydrogen-bond donors (Lipinski definition) is 1. The zero-order valence-corrected chi connectivity index (χ0v) is 13.0. The van der Waals surface area contributed by atoms with Crippen molar-refractivity contribution in [2.75, 3.05) is 20.2 Å². The lowest BCUT2D eigenvalue weighted by molar-refractivity contribution is -0.130. The summed E-state index contributed by atoms with van der Waals surface area (Å²) in [4.78, 5) is 24.9. The molecule has 5 nitrogen and oxygen atoms in total. The Kier molecular flexibility index (Phi) is 7.29. The van der Waals surface area contributed by atoms with E-state index in [1.54, 1.807) is 12.0 Å². The van der Waals surface area contributed by atoms with Crippen LogP contribution in [0.15, 0.2) is 24.3 Å². The highest BCUT2D eigenvalue weighted by atomic mass is 16.5. The van der Waals surface area contributed by atoms with Crippen molar-refractivity contribution < 1.29 is 14.3 Å². The van der Waals surface area contributed by atoms with Gasteiger partial charge in [-0.25, -0.2) is 0 Å². The number of ether oxygens (including phenoxy) is 1. The van der Waals surface area contributed by atoms with Crippen LogP contribution in [0.5, 0.6) is 5.75 Å². The number of nitrogens with one attached hydrogen (secondary N) is 1. The third kappa shape index (κ3) is 6.29. The number of carbonyl (C=O) groups excluding carboxylic acids is 2. The van der Waals surface area contributed by atoms with Gasteiger partial charge >= 0.3 is 0 Å². The highest BCUT2D eigenvalue weighted by Gasteiger charge is 2.11. The number of hydrogen-bond acceptors (Lipinski definition) is 3. The van der Waals surface area contributed by atoms with Gasteiger partial charge in [-0.05, 0) is 24.1 Å². The maximum absolute atomic E-state index is 11.7. The van der Waals surface area contributed by atoms with Gasteiger partial charge in [-0.2, -0.15) is 0 Å². The second kappa shape index (κ2) is 9.00. The van der Waals surface area contributed by atoms with Gasteiger partial charge in [0.2, 0.25) is 11.8 Å². The molecule has 1 rings (SSSR count). The van der Waals surface area contributed by atoms with E-state index in [4.69, 9.17) is 4.74 Å². The van der Waals surface area contributed by atoms with E-state index < -0.39 is 0 Å². The first-order chi connectivity index (χ1) is 10.1. The van der Waals surface area contributed by atoms with Crippen LogP contribution in [-0.2, 0) is 16.1 Å². The van der Waals surface area contributed by atoms with Crippen LogP contribution in [0.2, 0.25) is 0 Å². The summed E-state index contributed by atoms with van der Waals surface area (Å²) in [6.45, 7) is 5.13. The molecule has 0 heterocycles. The fourth-order valence-corrected chi connectivity index (χ4v) is 1.89. The van der Waals surface area contributed by atoms with Crippen LogP contribution in [0.3, 0.4) is 0 Å².